The van der Waals surface area contributed by atoms with Gasteiger partial charge in [-0.1, -0.05) is 11.6 Å². The Morgan fingerprint density at radius 2 is 1.77 bits per heavy atom. The molecule has 1 fully saturated rings. The van der Waals surface area contributed by atoms with Crippen molar-refractivity contribution >= 4 is 17.4 Å². The summed E-state index contributed by atoms with van der Waals surface area (Å²) in [7, 11) is 0. The summed E-state index contributed by atoms with van der Waals surface area (Å²) in [5.74, 6) is -2.65. The second-order valence-corrected chi connectivity index (χ2v) is 5.48. The Bertz CT molecular complexity index is 668. The largest absolute Gasteiger partial charge is 0.355 e. The summed E-state index contributed by atoms with van der Waals surface area (Å²) in [4.78, 5) is 13.9. The van der Waals surface area contributed by atoms with E-state index in [-0.39, 0.29) is 36.6 Å². The third kappa shape index (κ3) is 3.14. The van der Waals surface area contributed by atoms with Gasteiger partial charge in [-0.2, -0.15) is 0 Å². The number of halogens is 4. The Balaban J connectivity index is 1.78. The first kappa shape index (κ1) is 15.0. The van der Waals surface area contributed by atoms with E-state index in [9.17, 15) is 13.2 Å². The van der Waals surface area contributed by atoms with Gasteiger partial charge in [0, 0.05) is 38.2 Å². The first-order chi connectivity index (χ1) is 10.4. The lowest BCUT2D eigenvalue weighted by Gasteiger charge is -2.32. The van der Waals surface area contributed by atoms with Crippen molar-refractivity contribution < 1.29 is 13.2 Å². The van der Waals surface area contributed by atoms with E-state index in [2.05, 4.69) is 15.0 Å². The Morgan fingerprint density at radius 1 is 1.05 bits per heavy atom. The van der Waals surface area contributed by atoms with E-state index in [1.54, 1.807) is 4.90 Å². The molecule has 0 spiro atoms. The number of pyridine rings is 1. The number of rotatable bonds is 2. The molecule has 2 aromatic rings. The molecule has 1 aliphatic rings. The summed E-state index contributed by atoms with van der Waals surface area (Å²) in [6.07, 6.45) is 3.73. The fourth-order valence-electron chi connectivity index (χ4n) is 2.28. The number of alkyl halides is 2. The quantitative estimate of drug-likeness (QED) is 0.790. The minimum atomic E-state index is -2.61. The molecule has 1 saturated heterocycles. The van der Waals surface area contributed by atoms with Crippen LogP contribution in [0.5, 0.6) is 0 Å². The number of piperidine rings is 1. The van der Waals surface area contributed by atoms with Gasteiger partial charge in [-0.3, -0.25) is 4.98 Å². The molecule has 0 amide bonds. The van der Waals surface area contributed by atoms with Crippen molar-refractivity contribution in [2.45, 2.75) is 18.8 Å². The SMILES string of the molecule is Fc1cc(Cl)ncc1-c1cnc(N2CCC(F)(F)CC2)cn1. The zero-order valence-corrected chi connectivity index (χ0v) is 12.2. The maximum atomic E-state index is 13.8. The minimum absolute atomic E-state index is 0.0556. The minimum Gasteiger partial charge on any atom is -0.355 e. The lowest BCUT2D eigenvalue weighted by Crippen LogP contribution is -2.39. The normalized spacial score (nSPS) is 17.5. The summed E-state index contributed by atoms with van der Waals surface area (Å²) >= 11 is 5.60. The van der Waals surface area contributed by atoms with Crippen LogP contribution in [-0.4, -0.2) is 34.0 Å². The van der Waals surface area contributed by atoms with Gasteiger partial charge in [0.2, 0.25) is 0 Å². The average molecular weight is 329 g/mol. The maximum Gasteiger partial charge on any atom is 0.251 e. The Morgan fingerprint density at radius 3 is 2.36 bits per heavy atom. The summed E-state index contributed by atoms with van der Waals surface area (Å²) in [5, 5.41) is 0.0556. The van der Waals surface area contributed by atoms with Crippen LogP contribution in [0, 0.1) is 5.82 Å². The lowest BCUT2D eigenvalue weighted by atomic mass is 10.1. The van der Waals surface area contributed by atoms with Gasteiger partial charge >= 0.3 is 0 Å². The van der Waals surface area contributed by atoms with Crippen LogP contribution in [0.25, 0.3) is 11.3 Å². The van der Waals surface area contributed by atoms with Crippen LogP contribution >= 0.6 is 11.6 Å². The molecular formula is C14H12ClF3N4. The average Bonchev–Trinajstić information content (AvgIpc) is 2.48. The standard InChI is InChI=1S/C14H12ClF3N4/c15-12-5-10(16)9(6-20-12)11-7-21-13(8-19-11)22-3-1-14(17,18)2-4-22/h5-8H,1-4H2. The number of hydrogen-bond donors (Lipinski definition) is 0. The van der Waals surface area contributed by atoms with Gasteiger partial charge < -0.3 is 4.90 Å². The molecule has 8 heteroatoms. The van der Waals surface area contributed by atoms with Crippen LogP contribution < -0.4 is 4.90 Å². The third-order valence-electron chi connectivity index (χ3n) is 3.55. The maximum absolute atomic E-state index is 13.8. The molecule has 0 atom stereocenters. The van der Waals surface area contributed by atoms with Crippen molar-refractivity contribution in [1.82, 2.24) is 15.0 Å². The van der Waals surface area contributed by atoms with E-state index >= 15 is 0 Å². The summed E-state index contributed by atoms with van der Waals surface area (Å²) in [5.41, 5.74) is 0.501. The molecule has 3 rings (SSSR count). The Kier molecular flexibility index (Phi) is 3.90. The third-order valence-corrected chi connectivity index (χ3v) is 3.76. The van der Waals surface area contributed by atoms with Crippen LogP contribution in [-0.2, 0) is 0 Å². The number of anilines is 1. The molecule has 1 aliphatic heterocycles. The topological polar surface area (TPSA) is 41.9 Å². The fraction of sp³-hybridized carbons (Fsp3) is 0.357. The summed E-state index contributed by atoms with van der Waals surface area (Å²) in [6, 6.07) is 1.10. The predicted molar refractivity (Wildman–Crippen MR) is 76.6 cm³/mol. The monoisotopic (exact) mass is 328 g/mol. The smallest absolute Gasteiger partial charge is 0.251 e. The van der Waals surface area contributed by atoms with E-state index in [0.717, 1.165) is 6.07 Å². The molecule has 22 heavy (non-hydrogen) atoms. The van der Waals surface area contributed by atoms with Crippen LogP contribution in [0.15, 0.2) is 24.7 Å². The second-order valence-electron chi connectivity index (χ2n) is 5.09. The fourth-order valence-corrected chi connectivity index (χ4v) is 2.43. The van der Waals surface area contributed by atoms with Gasteiger partial charge in [-0.15, -0.1) is 0 Å². The van der Waals surface area contributed by atoms with E-state index in [1.807, 2.05) is 0 Å². The Hall–Kier alpha value is -1.89. The van der Waals surface area contributed by atoms with Gasteiger partial charge in [-0.25, -0.2) is 23.1 Å². The highest BCUT2D eigenvalue weighted by Gasteiger charge is 2.34. The first-order valence-electron chi connectivity index (χ1n) is 6.71. The summed E-state index contributed by atoms with van der Waals surface area (Å²) in [6.45, 7) is 0.440. The van der Waals surface area contributed by atoms with Gasteiger partial charge in [0.05, 0.1) is 23.7 Å². The first-order valence-corrected chi connectivity index (χ1v) is 7.09. The molecule has 116 valence electrons. The van der Waals surface area contributed by atoms with Crippen LogP contribution in [0.1, 0.15) is 12.8 Å². The van der Waals surface area contributed by atoms with Crippen LogP contribution in [0.2, 0.25) is 5.15 Å². The highest BCUT2D eigenvalue weighted by molar-refractivity contribution is 6.29. The van der Waals surface area contributed by atoms with E-state index in [0.29, 0.717) is 11.5 Å². The summed E-state index contributed by atoms with van der Waals surface area (Å²) < 4.78 is 40.1. The van der Waals surface area contributed by atoms with Crippen molar-refractivity contribution in [1.29, 1.82) is 0 Å². The van der Waals surface area contributed by atoms with E-state index in [1.165, 1.54) is 18.6 Å². The molecule has 0 bridgehead atoms. The molecule has 0 aromatic carbocycles. The predicted octanol–water partition coefficient (Wildman–Crippen LogP) is 3.57. The van der Waals surface area contributed by atoms with Crippen molar-refractivity contribution in [3.8, 4) is 11.3 Å². The molecule has 0 unspecified atom stereocenters. The van der Waals surface area contributed by atoms with Crippen molar-refractivity contribution in [2.75, 3.05) is 18.0 Å². The second kappa shape index (κ2) is 5.72. The highest BCUT2D eigenvalue weighted by Crippen LogP contribution is 2.30. The zero-order valence-electron chi connectivity index (χ0n) is 11.4. The van der Waals surface area contributed by atoms with Crippen molar-refractivity contribution in [2.24, 2.45) is 0 Å². The van der Waals surface area contributed by atoms with E-state index < -0.39 is 11.7 Å². The van der Waals surface area contributed by atoms with Gasteiger partial charge in [0.25, 0.3) is 5.92 Å². The lowest BCUT2D eigenvalue weighted by molar-refractivity contribution is -0.0221. The number of nitrogens with zero attached hydrogens (tertiary/aromatic N) is 4. The van der Waals surface area contributed by atoms with Crippen LogP contribution in [0.3, 0.4) is 0 Å². The Labute approximate surface area is 130 Å². The molecule has 4 nitrogen and oxygen atoms in total. The molecule has 0 saturated carbocycles. The van der Waals surface area contributed by atoms with Gasteiger partial charge in [-0.05, 0) is 0 Å². The van der Waals surface area contributed by atoms with Gasteiger partial charge in [0.15, 0.2) is 0 Å². The molecule has 3 heterocycles. The van der Waals surface area contributed by atoms with Crippen molar-refractivity contribution in [3.63, 3.8) is 0 Å². The molecule has 0 radical (unpaired) electrons. The number of aromatic nitrogens is 3. The van der Waals surface area contributed by atoms with Crippen molar-refractivity contribution in [3.05, 3.63) is 35.6 Å². The van der Waals surface area contributed by atoms with Gasteiger partial charge in [0.1, 0.15) is 16.8 Å². The highest BCUT2D eigenvalue weighted by atomic mass is 35.5. The van der Waals surface area contributed by atoms with Crippen LogP contribution in [0.4, 0.5) is 19.0 Å². The molecule has 0 aliphatic carbocycles. The molecular weight excluding hydrogens is 317 g/mol. The zero-order chi connectivity index (χ0) is 15.7. The van der Waals surface area contributed by atoms with E-state index in [4.69, 9.17) is 11.6 Å². The molecule has 0 N–H and O–H groups in total. The molecule has 2 aromatic heterocycles. The number of hydrogen-bond acceptors (Lipinski definition) is 4.